The number of rotatable bonds is 8. The van der Waals surface area contributed by atoms with Gasteiger partial charge in [0.1, 0.15) is 12.4 Å². The fourth-order valence-electron chi connectivity index (χ4n) is 1.92. The molecule has 0 saturated carbocycles. The highest BCUT2D eigenvalue weighted by Gasteiger charge is 2.09. The van der Waals surface area contributed by atoms with Gasteiger partial charge >= 0.3 is 5.97 Å². The Hall–Kier alpha value is -2.28. The van der Waals surface area contributed by atoms with E-state index in [1.807, 2.05) is 0 Å². The molecule has 6 nitrogen and oxygen atoms in total. The molecule has 0 radical (unpaired) electrons. The van der Waals surface area contributed by atoms with Gasteiger partial charge in [0.25, 0.3) is 5.91 Å². The summed E-state index contributed by atoms with van der Waals surface area (Å²) in [5, 5.41) is 3.46. The number of benzene rings is 2. The Morgan fingerprint density at radius 2 is 1.77 bits per heavy atom. The summed E-state index contributed by atoms with van der Waals surface area (Å²) < 4.78 is 15.2. The van der Waals surface area contributed by atoms with Crippen molar-refractivity contribution in [2.75, 3.05) is 32.2 Å². The highest BCUT2D eigenvalue weighted by molar-refractivity contribution is 6.35. The Bertz CT molecular complexity index is 765. The first-order valence-electron chi connectivity index (χ1n) is 7.63. The number of hydrogen-bond donors (Lipinski definition) is 1. The number of ether oxygens (including phenoxy) is 3. The van der Waals surface area contributed by atoms with E-state index in [4.69, 9.17) is 37.4 Å². The zero-order chi connectivity index (χ0) is 18.9. The highest BCUT2D eigenvalue weighted by Crippen LogP contribution is 2.27. The molecule has 0 unspecified atom stereocenters. The van der Waals surface area contributed by atoms with E-state index in [2.05, 4.69) is 5.32 Å². The standard InChI is InChI=1S/C18H17Cl2NO5/c1-24-8-9-25-18(23)12-2-5-14(6-3-12)21-17(22)11-26-16-7-4-13(19)10-15(16)20/h2-7,10H,8-9,11H2,1H3,(H,21,22). The Morgan fingerprint density at radius 3 is 2.42 bits per heavy atom. The molecule has 0 spiro atoms. The molecule has 0 aliphatic heterocycles. The molecule has 2 aromatic rings. The summed E-state index contributed by atoms with van der Waals surface area (Å²) in [6.45, 7) is 0.290. The fraction of sp³-hybridized carbons (Fsp3) is 0.222. The highest BCUT2D eigenvalue weighted by atomic mass is 35.5. The number of halogens is 2. The molecule has 0 aliphatic rings. The van der Waals surface area contributed by atoms with Crippen LogP contribution in [0.5, 0.6) is 5.75 Å². The van der Waals surface area contributed by atoms with Crippen LogP contribution in [0.3, 0.4) is 0 Å². The molecule has 138 valence electrons. The van der Waals surface area contributed by atoms with Crippen LogP contribution < -0.4 is 10.1 Å². The minimum atomic E-state index is -0.458. The van der Waals surface area contributed by atoms with E-state index < -0.39 is 5.97 Å². The van der Waals surface area contributed by atoms with E-state index in [-0.39, 0.29) is 19.1 Å². The van der Waals surface area contributed by atoms with Gasteiger partial charge < -0.3 is 19.5 Å². The van der Waals surface area contributed by atoms with Crippen molar-refractivity contribution in [3.8, 4) is 5.75 Å². The molecule has 0 fully saturated rings. The van der Waals surface area contributed by atoms with Gasteiger partial charge in [-0.2, -0.15) is 0 Å². The lowest BCUT2D eigenvalue weighted by atomic mass is 10.2. The second-order valence-electron chi connectivity index (χ2n) is 5.12. The molecule has 8 heteroatoms. The molecule has 26 heavy (non-hydrogen) atoms. The summed E-state index contributed by atoms with van der Waals surface area (Å²) in [4.78, 5) is 23.7. The van der Waals surface area contributed by atoms with Crippen molar-refractivity contribution < 1.29 is 23.8 Å². The normalized spacial score (nSPS) is 10.3. The summed E-state index contributed by atoms with van der Waals surface area (Å²) >= 11 is 11.8. The number of nitrogens with one attached hydrogen (secondary N) is 1. The molecule has 1 N–H and O–H groups in total. The number of hydrogen-bond acceptors (Lipinski definition) is 5. The summed E-state index contributed by atoms with van der Waals surface area (Å²) in [5.41, 5.74) is 0.901. The monoisotopic (exact) mass is 397 g/mol. The van der Waals surface area contributed by atoms with Gasteiger partial charge in [-0.15, -0.1) is 0 Å². The van der Waals surface area contributed by atoms with Gasteiger partial charge in [0.05, 0.1) is 17.2 Å². The van der Waals surface area contributed by atoms with Crippen molar-refractivity contribution in [2.24, 2.45) is 0 Å². The van der Waals surface area contributed by atoms with Crippen LogP contribution in [0.15, 0.2) is 42.5 Å². The van der Waals surface area contributed by atoms with Crippen molar-refractivity contribution in [3.05, 3.63) is 58.1 Å². The lowest BCUT2D eigenvalue weighted by Crippen LogP contribution is -2.20. The summed E-state index contributed by atoms with van der Waals surface area (Å²) in [6, 6.07) is 11.0. The van der Waals surface area contributed by atoms with Gasteiger partial charge in [-0.1, -0.05) is 23.2 Å². The topological polar surface area (TPSA) is 73.9 Å². The largest absolute Gasteiger partial charge is 0.482 e. The molecule has 0 heterocycles. The predicted molar refractivity (Wildman–Crippen MR) is 99.2 cm³/mol. The van der Waals surface area contributed by atoms with Crippen LogP contribution in [-0.4, -0.2) is 38.8 Å². The lowest BCUT2D eigenvalue weighted by molar-refractivity contribution is -0.118. The minimum absolute atomic E-state index is 0.179. The Balaban J connectivity index is 1.84. The first-order chi connectivity index (χ1) is 12.5. The van der Waals surface area contributed by atoms with Crippen LogP contribution in [0, 0.1) is 0 Å². The average Bonchev–Trinajstić information content (AvgIpc) is 2.61. The number of carbonyl (C=O) groups is 2. The van der Waals surface area contributed by atoms with E-state index in [1.165, 1.54) is 13.2 Å². The quantitative estimate of drug-likeness (QED) is 0.541. The third-order valence-electron chi connectivity index (χ3n) is 3.18. The van der Waals surface area contributed by atoms with Crippen LogP contribution in [0.2, 0.25) is 10.0 Å². The molecule has 0 atom stereocenters. The van der Waals surface area contributed by atoms with Gasteiger partial charge in [-0.3, -0.25) is 4.79 Å². The molecule has 2 aromatic carbocycles. The van der Waals surface area contributed by atoms with E-state index >= 15 is 0 Å². The van der Waals surface area contributed by atoms with Gasteiger partial charge in [-0.05, 0) is 42.5 Å². The van der Waals surface area contributed by atoms with Crippen molar-refractivity contribution in [3.63, 3.8) is 0 Å². The van der Waals surface area contributed by atoms with E-state index in [1.54, 1.807) is 36.4 Å². The number of carbonyl (C=O) groups excluding carboxylic acids is 2. The number of anilines is 1. The van der Waals surface area contributed by atoms with E-state index in [0.717, 1.165) is 0 Å². The number of esters is 1. The van der Waals surface area contributed by atoms with Gasteiger partial charge in [0.2, 0.25) is 0 Å². The smallest absolute Gasteiger partial charge is 0.338 e. The van der Waals surface area contributed by atoms with Crippen LogP contribution in [0.4, 0.5) is 5.69 Å². The maximum atomic E-state index is 11.9. The van der Waals surface area contributed by atoms with Gasteiger partial charge in [0, 0.05) is 17.8 Å². The van der Waals surface area contributed by atoms with Crippen LogP contribution in [0.25, 0.3) is 0 Å². The summed E-state index contributed by atoms with van der Waals surface area (Å²) in [5.74, 6) is -0.465. The molecule has 0 saturated heterocycles. The Morgan fingerprint density at radius 1 is 1.04 bits per heavy atom. The van der Waals surface area contributed by atoms with E-state index in [9.17, 15) is 9.59 Å². The third-order valence-corrected chi connectivity index (χ3v) is 3.71. The molecular weight excluding hydrogens is 381 g/mol. The van der Waals surface area contributed by atoms with Crippen LogP contribution in [-0.2, 0) is 14.3 Å². The van der Waals surface area contributed by atoms with Crippen molar-refractivity contribution in [1.29, 1.82) is 0 Å². The SMILES string of the molecule is COCCOC(=O)c1ccc(NC(=O)COc2ccc(Cl)cc2Cl)cc1. The summed E-state index contributed by atoms with van der Waals surface area (Å²) in [6.07, 6.45) is 0. The number of amides is 1. The van der Waals surface area contributed by atoms with Crippen molar-refractivity contribution in [1.82, 2.24) is 0 Å². The lowest BCUT2D eigenvalue weighted by Gasteiger charge is -2.09. The molecule has 0 bridgehead atoms. The second-order valence-corrected chi connectivity index (χ2v) is 5.96. The second kappa shape index (κ2) is 10.0. The van der Waals surface area contributed by atoms with Gasteiger partial charge in [-0.25, -0.2) is 4.79 Å². The van der Waals surface area contributed by atoms with Gasteiger partial charge in [0.15, 0.2) is 6.61 Å². The fourth-order valence-corrected chi connectivity index (χ4v) is 2.39. The third kappa shape index (κ3) is 6.22. The van der Waals surface area contributed by atoms with Crippen molar-refractivity contribution in [2.45, 2.75) is 0 Å². The van der Waals surface area contributed by atoms with Crippen LogP contribution in [0.1, 0.15) is 10.4 Å². The average molecular weight is 398 g/mol. The Labute approximate surface area is 160 Å². The van der Waals surface area contributed by atoms with E-state index in [0.29, 0.717) is 33.7 Å². The zero-order valence-corrected chi connectivity index (χ0v) is 15.5. The minimum Gasteiger partial charge on any atom is -0.482 e. The maximum absolute atomic E-state index is 11.9. The first kappa shape index (κ1) is 20.0. The molecule has 2 rings (SSSR count). The maximum Gasteiger partial charge on any atom is 0.338 e. The molecule has 0 aromatic heterocycles. The molecule has 0 aliphatic carbocycles. The number of methoxy groups -OCH3 is 1. The van der Waals surface area contributed by atoms with Crippen molar-refractivity contribution >= 4 is 40.8 Å². The Kier molecular flexibility index (Phi) is 7.72. The molecular formula is C18H17Cl2NO5. The summed E-state index contributed by atoms with van der Waals surface area (Å²) in [7, 11) is 1.52. The predicted octanol–water partition coefficient (Wildman–Crippen LogP) is 3.81. The molecule has 1 amide bonds. The zero-order valence-electron chi connectivity index (χ0n) is 14.0. The first-order valence-corrected chi connectivity index (χ1v) is 8.39. The van der Waals surface area contributed by atoms with Crippen LogP contribution >= 0.6 is 23.2 Å².